The summed E-state index contributed by atoms with van der Waals surface area (Å²) in [5, 5.41) is 5.75. The predicted molar refractivity (Wildman–Crippen MR) is 104 cm³/mol. The minimum absolute atomic E-state index is 0.0453. The molecule has 1 atom stereocenters. The zero-order chi connectivity index (χ0) is 21.3. The number of ether oxygens (including phenoxy) is 1. The van der Waals surface area contributed by atoms with E-state index in [2.05, 4.69) is 20.6 Å². The van der Waals surface area contributed by atoms with Crippen molar-refractivity contribution in [3.05, 3.63) is 71.7 Å². The molecule has 0 radical (unpaired) electrons. The normalized spacial score (nSPS) is 16.1. The van der Waals surface area contributed by atoms with E-state index >= 15 is 0 Å². The number of hydrogen-bond acceptors (Lipinski definition) is 5. The van der Waals surface area contributed by atoms with Crippen molar-refractivity contribution in [3.63, 3.8) is 0 Å². The molecule has 3 aromatic rings. The number of benzene rings is 2. The molecule has 0 spiro atoms. The Kier molecular flexibility index (Phi) is 5.03. The molecule has 0 aliphatic carbocycles. The summed E-state index contributed by atoms with van der Waals surface area (Å²) in [7, 11) is 0. The van der Waals surface area contributed by atoms with Crippen LogP contribution in [0.4, 0.5) is 24.5 Å². The van der Waals surface area contributed by atoms with E-state index in [0.717, 1.165) is 11.6 Å². The number of halogens is 3. The number of carbonyl (C=O) groups is 1. The van der Waals surface area contributed by atoms with Gasteiger partial charge >= 0.3 is 6.18 Å². The van der Waals surface area contributed by atoms with Gasteiger partial charge in [0.15, 0.2) is 0 Å². The number of anilines is 2. The maximum atomic E-state index is 13.2. The van der Waals surface area contributed by atoms with Crippen LogP contribution in [-0.2, 0) is 11.0 Å². The minimum atomic E-state index is -4.50. The van der Waals surface area contributed by atoms with Crippen LogP contribution >= 0.6 is 0 Å². The van der Waals surface area contributed by atoms with Crippen molar-refractivity contribution >= 4 is 17.3 Å². The van der Waals surface area contributed by atoms with E-state index in [1.165, 1.54) is 31.6 Å². The lowest BCUT2D eigenvalue weighted by Gasteiger charge is -2.19. The largest absolute Gasteiger partial charge is 0.437 e. The molecule has 0 saturated carbocycles. The maximum Gasteiger partial charge on any atom is 0.416 e. The minimum Gasteiger partial charge on any atom is -0.437 e. The monoisotopic (exact) mass is 414 g/mol. The highest BCUT2D eigenvalue weighted by atomic mass is 19.4. The highest BCUT2D eigenvalue weighted by Crippen LogP contribution is 2.40. The Morgan fingerprint density at radius 3 is 2.70 bits per heavy atom. The second kappa shape index (κ2) is 7.66. The van der Waals surface area contributed by atoms with Crippen molar-refractivity contribution in [1.82, 2.24) is 9.97 Å². The van der Waals surface area contributed by atoms with Gasteiger partial charge in [0, 0.05) is 12.4 Å². The van der Waals surface area contributed by atoms with Crippen molar-refractivity contribution in [2.24, 2.45) is 0 Å². The number of amides is 1. The van der Waals surface area contributed by atoms with E-state index in [9.17, 15) is 18.0 Å². The number of hydrogen-bond donors (Lipinski definition) is 2. The SMILES string of the molecule is Cc1cc2c(cc1C(F)(F)F)NC(=O)CC(c1cccc(Oc3cnccn3)c1)N2. The quantitative estimate of drug-likeness (QED) is 0.624. The van der Waals surface area contributed by atoms with Crippen molar-refractivity contribution in [2.75, 3.05) is 10.6 Å². The first-order chi connectivity index (χ1) is 14.3. The number of carbonyl (C=O) groups excluding carboxylic acids is 1. The molecule has 1 unspecified atom stereocenters. The van der Waals surface area contributed by atoms with E-state index in [1.807, 2.05) is 6.07 Å². The Morgan fingerprint density at radius 1 is 1.13 bits per heavy atom. The molecule has 2 heterocycles. The summed E-state index contributed by atoms with van der Waals surface area (Å²) in [6.07, 6.45) is 0.0539. The van der Waals surface area contributed by atoms with Crippen LogP contribution in [0.3, 0.4) is 0 Å². The Balaban J connectivity index is 1.64. The predicted octanol–water partition coefficient (Wildman–Crippen LogP) is 5.09. The van der Waals surface area contributed by atoms with Gasteiger partial charge in [-0.05, 0) is 42.3 Å². The van der Waals surface area contributed by atoms with Crippen molar-refractivity contribution in [1.29, 1.82) is 0 Å². The molecule has 0 fully saturated rings. The summed E-state index contributed by atoms with van der Waals surface area (Å²) in [4.78, 5) is 20.4. The summed E-state index contributed by atoms with van der Waals surface area (Å²) in [6, 6.07) is 8.99. The van der Waals surface area contributed by atoms with Crippen molar-refractivity contribution in [3.8, 4) is 11.6 Å². The number of fused-ring (bicyclic) bond motifs is 1. The van der Waals surface area contributed by atoms with Gasteiger partial charge in [0.2, 0.25) is 11.8 Å². The van der Waals surface area contributed by atoms with Crippen LogP contribution in [-0.4, -0.2) is 15.9 Å². The summed E-state index contributed by atoms with van der Waals surface area (Å²) in [5.74, 6) is 0.439. The third-order valence-electron chi connectivity index (χ3n) is 4.69. The van der Waals surface area contributed by atoms with Gasteiger partial charge in [0.1, 0.15) is 5.75 Å². The van der Waals surface area contributed by atoms with Crippen LogP contribution < -0.4 is 15.4 Å². The average molecular weight is 414 g/mol. The fraction of sp³-hybridized carbons (Fsp3) is 0.190. The molecule has 4 rings (SSSR count). The zero-order valence-electron chi connectivity index (χ0n) is 15.8. The molecular weight excluding hydrogens is 397 g/mol. The Labute approximate surface area is 170 Å². The number of nitrogens with zero attached hydrogens (tertiary/aromatic N) is 2. The summed E-state index contributed by atoms with van der Waals surface area (Å²) >= 11 is 0. The number of aromatic nitrogens is 2. The molecule has 154 valence electrons. The van der Waals surface area contributed by atoms with Gasteiger partial charge in [-0.1, -0.05) is 12.1 Å². The molecule has 2 aromatic carbocycles. The Bertz CT molecular complexity index is 1090. The lowest BCUT2D eigenvalue weighted by Crippen LogP contribution is -2.15. The highest BCUT2D eigenvalue weighted by molar-refractivity contribution is 5.97. The summed E-state index contributed by atoms with van der Waals surface area (Å²) in [5.41, 5.74) is 0.575. The van der Waals surface area contributed by atoms with Gasteiger partial charge in [-0.25, -0.2) is 4.98 Å². The van der Waals surface area contributed by atoms with Crippen molar-refractivity contribution in [2.45, 2.75) is 25.6 Å². The van der Waals surface area contributed by atoms with Gasteiger partial charge in [0.05, 0.1) is 35.6 Å². The number of aryl methyl sites for hydroxylation is 1. The number of nitrogens with one attached hydrogen (secondary N) is 2. The van der Waals surface area contributed by atoms with Crippen LogP contribution in [0.2, 0.25) is 0 Å². The zero-order valence-corrected chi connectivity index (χ0v) is 15.8. The van der Waals surface area contributed by atoms with Crippen LogP contribution in [0.1, 0.15) is 29.2 Å². The van der Waals surface area contributed by atoms with Gasteiger partial charge in [-0.2, -0.15) is 13.2 Å². The maximum absolute atomic E-state index is 13.2. The third kappa shape index (κ3) is 4.19. The first-order valence-electron chi connectivity index (χ1n) is 9.11. The van der Waals surface area contributed by atoms with E-state index < -0.39 is 17.8 Å². The second-order valence-corrected chi connectivity index (χ2v) is 6.88. The summed E-state index contributed by atoms with van der Waals surface area (Å²) in [6.45, 7) is 1.39. The van der Waals surface area contributed by atoms with E-state index in [-0.39, 0.29) is 23.6 Å². The smallest absolute Gasteiger partial charge is 0.416 e. The molecule has 0 saturated heterocycles. The highest BCUT2D eigenvalue weighted by Gasteiger charge is 2.34. The molecule has 2 N–H and O–H groups in total. The van der Waals surface area contributed by atoms with E-state index in [0.29, 0.717) is 17.3 Å². The van der Waals surface area contributed by atoms with Gasteiger partial charge in [-0.15, -0.1) is 0 Å². The summed E-state index contributed by atoms with van der Waals surface area (Å²) < 4.78 is 45.4. The van der Waals surface area contributed by atoms with Crippen LogP contribution in [0.15, 0.2) is 55.0 Å². The Hall–Kier alpha value is -3.62. The van der Waals surface area contributed by atoms with E-state index in [1.54, 1.807) is 18.2 Å². The molecule has 1 aromatic heterocycles. The standard InChI is InChI=1S/C21H17F3N4O2/c1-12-7-17-18(9-15(12)21(22,23)24)28-19(29)10-16(27-17)13-3-2-4-14(8-13)30-20-11-25-5-6-26-20/h2-9,11,16,27H,10H2,1H3,(H,28,29). The molecular formula is C21H17F3N4O2. The fourth-order valence-corrected chi connectivity index (χ4v) is 3.32. The van der Waals surface area contributed by atoms with Gasteiger partial charge in [0.25, 0.3) is 0 Å². The lowest BCUT2D eigenvalue weighted by atomic mass is 10.0. The van der Waals surface area contributed by atoms with Crippen LogP contribution in [0.25, 0.3) is 0 Å². The van der Waals surface area contributed by atoms with Crippen molar-refractivity contribution < 1.29 is 22.7 Å². The number of alkyl halides is 3. The van der Waals surface area contributed by atoms with Gasteiger partial charge in [-0.3, -0.25) is 9.78 Å². The molecule has 0 bridgehead atoms. The molecule has 30 heavy (non-hydrogen) atoms. The molecule has 1 aliphatic rings. The fourth-order valence-electron chi connectivity index (χ4n) is 3.32. The molecule has 6 nitrogen and oxygen atoms in total. The molecule has 9 heteroatoms. The number of rotatable bonds is 3. The third-order valence-corrected chi connectivity index (χ3v) is 4.69. The Morgan fingerprint density at radius 2 is 1.97 bits per heavy atom. The topological polar surface area (TPSA) is 76.1 Å². The average Bonchev–Trinajstić information content (AvgIpc) is 2.85. The molecule has 1 amide bonds. The molecule has 1 aliphatic heterocycles. The first-order valence-corrected chi connectivity index (χ1v) is 9.11. The van der Waals surface area contributed by atoms with Crippen LogP contribution in [0, 0.1) is 6.92 Å². The first kappa shape index (κ1) is 19.7. The van der Waals surface area contributed by atoms with Gasteiger partial charge < -0.3 is 15.4 Å². The van der Waals surface area contributed by atoms with Crippen LogP contribution in [0.5, 0.6) is 11.6 Å². The van der Waals surface area contributed by atoms with E-state index in [4.69, 9.17) is 4.74 Å². The second-order valence-electron chi connectivity index (χ2n) is 6.88. The lowest BCUT2D eigenvalue weighted by molar-refractivity contribution is -0.138.